The van der Waals surface area contributed by atoms with E-state index < -0.39 is 11.9 Å². The molecule has 0 amide bonds. The lowest BCUT2D eigenvalue weighted by molar-refractivity contribution is -0.110. The first-order valence-corrected chi connectivity index (χ1v) is 5.49. The van der Waals surface area contributed by atoms with Crippen LogP contribution in [-0.2, 0) is 4.79 Å². The van der Waals surface area contributed by atoms with Crippen LogP contribution in [0, 0.1) is 11.9 Å². The Bertz CT molecular complexity index is 594. The van der Waals surface area contributed by atoms with Gasteiger partial charge in [0.15, 0.2) is 5.78 Å². The maximum Gasteiger partial charge on any atom is 0.231 e. The molecule has 20 heavy (non-hydrogen) atoms. The second-order valence-corrected chi connectivity index (χ2v) is 3.60. The van der Waals surface area contributed by atoms with Crippen molar-refractivity contribution in [2.24, 2.45) is 0 Å². The molecule has 0 saturated carbocycles. The first-order valence-electron chi connectivity index (χ1n) is 5.49. The van der Waals surface area contributed by atoms with Crippen molar-refractivity contribution >= 4 is 17.9 Å². The molecule has 0 spiro atoms. The molecule has 2 rings (SSSR count). The van der Waals surface area contributed by atoms with Gasteiger partial charge in [-0.15, -0.1) is 0 Å². The molecule has 7 heteroatoms. The topological polar surface area (TPSA) is 68.6 Å². The molecule has 5 nitrogen and oxygen atoms in total. The highest BCUT2D eigenvalue weighted by atomic mass is 19.1. The number of allylic oxidation sites excluding steroid dienone is 2. The van der Waals surface area contributed by atoms with Crippen LogP contribution in [0.2, 0.25) is 0 Å². The fourth-order valence-corrected chi connectivity index (χ4v) is 1.21. The summed E-state index contributed by atoms with van der Waals surface area (Å²) in [6.45, 7) is 0. The number of rotatable bonds is 4. The molecule has 0 bridgehead atoms. The van der Waals surface area contributed by atoms with Crippen LogP contribution in [0.15, 0.2) is 36.9 Å². The van der Waals surface area contributed by atoms with Crippen molar-refractivity contribution in [1.82, 2.24) is 19.9 Å². The predicted octanol–water partition coefficient (Wildman–Crippen LogP) is 1.84. The van der Waals surface area contributed by atoms with E-state index in [1.54, 1.807) is 0 Å². The highest BCUT2D eigenvalue weighted by Gasteiger charge is 1.95. The van der Waals surface area contributed by atoms with Gasteiger partial charge in [-0.3, -0.25) is 14.8 Å². The Kier molecular flexibility index (Phi) is 4.33. The van der Waals surface area contributed by atoms with Crippen molar-refractivity contribution in [3.05, 3.63) is 60.2 Å². The lowest BCUT2D eigenvalue weighted by Crippen LogP contribution is -1.90. The lowest BCUT2D eigenvalue weighted by atomic mass is 10.2. The zero-order valence-electron chi connectivity index (χ0n) is 10.1. The Labute approximate surface area is 112 Å². The minimum absolute atomic E-state index is 0.331. The molecule has 0 aliphatic rings. The van der Waals surface area contributed by atoms with Crippen LogP contribution in [0.4, 0.5) is 8.78 Å². The summed E-state index contributed by atoms with van der Waals surface area (Å²) >= 11 is 0. The molecule has 0 atom stereocenters. The highest BCUT2D eigenvalue weighted by molar-refractivity contribution is 6.04. The average molecular weight is 274 g/mol. The standard InChI is InChI=1S/C13H8F2N4O/c14-12-7-16-9(5-18-12)1-3-11(20)4-2-10-6-19-13(15)8-17-10/h1-8H. The van der Waals surface area contributed by atoms with Gasteiger partial charge in [0, 0.05) is 0 Å². The van der Waals surface area contributed by atoms with Gasteiger partial charge in [-0.25, -0.2) is 9.97 Å². The van der Waals surface area contributed by atoms with Crippen molar-refractivity contribution in [2.45, 2.75) is 0 Å². The summed E-state index contributed by atoms with van der Waals surface area (Å²) in [6, 6.07) is 0. The Morgan fingerprint density at radius 3 is 1.60 bits per heavy atom. The van der Waals surface area contributed by atoms with E-state index in [0.717, 1.165) is 12.4 Å². The van der Waals surface area contributed by atoms with E-state index in [4.69, 9.17) is 0 Å². The van der Waals surface area contributed by atoms with E-state index in [0.29, 0.717) is 11.4 Å². The molecule has 0 radical (unpaired) electrons. The second kappa shape index (κ2) is 6.37. The van der Waals surface area contributed by atoms with Gasteiger partial charge in [0.1, 0.15) is 0 Å². The molecule has 0 fully saturated rings. The summed E-state index contributed by atoms with van der Waals surface area (Å²) in [5.41, 5.74) is 0.712. The molecular weight excluding hydrogens is 266 g/mol. The van der Waals surface area contributed by atoms with Crippen LogP contribution >= 0.6 is 0 Å². The maximum atomic E-state index is 12.5. The summed E-state index contributed by atoms with van der Waals surface area (Å²) in [5.74, 6) is -1.71. The number of carbonyl (C=O) groups excluding carboxylic acids is 1. The van der Waals surface area contributed by atoms with Crippen LogP contribution in [-0.4, -0.2) is 25.7 Å². The molecule has 0 aliphatic heterocycles. The third-order valence-electron chi connectivity index (χ3n) is 2.12. The Morgan fingerprint density at radius 1 is 0.800 bits per heavy atom. The molecule has 0 unspecified atom stereocenters. The molecule has 0 aliphatic carbocycles. The predicted molar refractivity (Wildman–Crippen MR) is 67.1 cm³/mol. The normalized spacial score (nSPS) is 11.3. The molecule has 0 N–H and O–H groups in total. The number of hydrogen-bond acceptors (Lipinski definition) is 5. The van der Waals surface area contributed by atoms with Crippen molar-refractivity contribution in [2.75, 3.05) is 0 Å². The molecule has 0 aromatic carbocycles. The minimum Gasteiger partial charge on any atom is -0.290 e. The van der Waals surface area contributed by atoms with E-state index in [-0.39, 0.29) is 5.78 Å². The zero-order chi connectivity index (χ0) is 14.4. The van der Waals surface area contributed by atoms with Gasteiger partial charge in [-0.1, -0.05) is 0 Å². The van der Waals surface area contributed by atoms with Crippen molar-refractivity contribution < 1.29 is 13.6 Å². The van der Waals surface area contributed by atoms with Gasteiger partial charge in [0.2, 0.25) is 11.9 Å². The summed E-state index contributed by atoms with van der Waals surface area (Å²) < 4.78 is 25.0. The van der Waals surface area contributed by atoms with Crippen LogP contribution in [0.1, 0.15) is 11.4 Å². The van der Waals surface area contributed by atoms with E-state index in [1.807, 2.05) is 0 Å². The number of ketones is 1. The SMILES string of the molecule is O=C(C=Cc1cnc(F)cn1)C=Cc1cnc(F)cn1. The van der Waals surface area contributed by atoms with E-state index in [1.165, 1.54) is 36.7 Å². The third kappa shape index (κ3) is 4.13. The second-order valence-electron chi connectivity index (χ2n) is 3.60. The summed E-state index contributed by atoms with van der Waals surface area (Å²) in [5, 5.41) is 0. The Balaban J connectivity index is 1.98. The van der Waals surface area contributed by atoms with Gasteiger partial charge in [0.05, 0.1) is 36.2 Å². The van der Waals surface area contributed by atoms with E-state index >= 15 is 0 Å². The van der Waals surface area contributed by atoms with Gasteiger partial charge >= 0.3 is 0 Å². The Morgan fingerprint density at radius 2 is 1.25 bits per heavy atom. The van der Waals surface area contributed by atoms with Crippen molar-refractivity contribution in [1.29, 1.82) is 0 Å². The molecule has 2 aromatic heterocycles. The minimum atomic E-state index is -0.691. The number of hydrogen-bond donors (Lipinski definition) is 0. The molecule has 2 heterocycles. The van der Waals surface area contributed by atoms with Crippen LogP contribution in [0.5, 0.6) is 0 Å². The molecular formula is C13H8F2N4O. The fraction of sp³-hybridized carbons (Fsp3) is 0. The number of carbonyl (C=O) groups is 1. The van der Waals surface area contributed by atoms with Crippen LogP contribution < -0.4 is 0 Å². The van der Waals surface area contributed by atoms with Crippen LogP contribution in [0.3, 0.4) is 0 Å². The monoisotopic (exact) mass is 274 g/mol. The van der Waals surface area contributed by atoms with Crippen LogP contribution in [0.25, 0.3) is 12.2 Å². The smallest absolute Gasteiger partial charge is 0.231 e. The van der Waals surface area contributed by atoms with Crippen molar-refractivity contribution in [3.8, 4) is 0 Å². The third-order valence-corrected chi connectivity index (χ3v) is 2.12. The van der Waals surface area contributed by atoms with E-state index in [2.05, 4.69) is 19.9 Å². The van der Waals surface area contributed by atoms with E-state index in [9.17, 15) is 13.6 Å². The summed E-state index contributed by atoms with van der Waals surface area (Å²) in [6.07, 6.45) is 9.60. The number of nitrogens with zero attached hydrogens (tertiary/aromatic N) is 4. The van der Waals surface area contributed by atoms with Crippen molar-refractivity contribution in [3.63, 3.8) is 0 Å². The fourth-order valence-electron chi connectivity index (χ4n) is 1.21. The first-order chi connectivity index (χ1) is 9.63. The quantitative estimate of drug-likeness (QED) is 0.796. The van der Waals surface area contributed by atoms with Gasteiger partial charge in [-0.2, -0.15) is 8.78 Å². The molecule has 2 aromatic rings. The zero-order valence-corrected chi connectivity index (χ0v) is 10.1. The molecule has 0 saturated heterocycles. The van der Waals surface area contributed by atoms with Gasteiger partial charge in [0.25, 0.3) is 0 Å². The van der Waals surface area contributed by atoms with Gasteiger partial charge in [-0.05, 0) is 24.3 Å². The molecule has 100 valence electrons. The maximum absolute atomic E-state index is 12.5. The van der Waals surface area contributed by atoms with Gasteiger partial charge < -0.3 is 0 Å². The first kappa shape index (κ1) is 13.6. The average Bonchev–Trinajstić information content (AvgIpc) is 2.46. The largest absolute Gasteiger partial charge is 0.290 e. The lowest BCUT2D eigenvalue weighted by Gasteiger charge is -1.91. The Hall–Kier alpha value is -2.83. The number of aromatic nitrogens is 4. The highest BCUT2D eigenvalue weighted by Crippen LogP contribution is 1.99. The number of halogens is 2. The summed E-state index contributed by atoms with van der Waals surface area (Å²) in [4.78, 5) is 25.7. The summed E-state index contributed by atoms with van der Waals surface area (Å²) in [7, 11) is 0.